The second-order valence-corrected chi connectivity index (χ2v) is 9.71. The minimum absolute atomic E-state index is 0.177. The largest absolute Gasteiger partial charge is 0.325 e. The minimum atomic E-state index is -0.177. The quantitative estimate of drug-likeness (QED) is 0.312. The number of halogens is 2. The first-order chi connectivity index (χ1) is 14.9. The summed E-state index contributed by atoms with van der Waals surface area (Å²) in [4.78, 5) is 13.6. The molecule has 2 aromatic heterocycles. The summed E-state index contributed by atoms with van der Waals surface area (Å²) in [5.41, 5.74) is 3.90. The third-order valence-corrected chi connectivity index (χ3v) is 6.96. The summed E-state index contributed by atoms with van der Waals surface area (Å²) < 4.78 is 1.92. The van der Waals surface area contributed by atoms with E-state index in [1.54, 1.807) is 29.5 Å². The zero-order valence-electron chi connectivity index (χ0n) is 16.7. The van der Waals surface area contributed by atoms with Crippen LogP contribution in [0, 0.1) is 6.92 Å². The second kappa shape index (κ2) is 9.44. The van der Waals surface area contributed by atoms with Gasteiger partial charge in [0.15, 0.2) is 11.0 Å². The van der Waals surface area contributed by atoms with Crippen molar-refractivity contribution in [2.45, 2.75) is 12.1 Å². The van der Waals surface area contributed by atoms with Gasteiger partial charge < -0.3 is 9.88 Å². The molecular formula is C22H18Cl2N4OS2. The van der Waals surface area contributed by atoms with Crippen molar-refractivity contribution >= 4 is 57.9 Å². The lowest BCUT2D eigenvalue weighted by Crippen LogP contribution is -2.14. The standard InChI is InChI=1S/C22H18Cl2N4OS2/c1-13-20(14-6-4-3-5-7-14)18(11-30-13)21-26-27-22(28(21)2)31-12-19(29)25-17-9-15(23)8-16(24)10-17/h3-11H,12H2,1-2H3,(H,25,29). The van der Waals surface area contributed by atoms with Gasteiger partial charge in [0.2, 0.25) is 5.91 Å². The molecule has 4 aromatic rings. The minimum Gasteiger partial charge on any atom is -0.325 e. The smallest absolute Gasteiger partial charge is 0.234 e. The number of hydrogen-bond donors (Lipinski definition) is 1. The maximum absolute atomic E-state index is 12.4. The van der Waals surface area contributed by atoms with Gasteiger partial charge in [-0.15, -0.1) is 21.5 Å². The van der Waals surface area contributed by atoms with Gasteiger partial charge in [-0.3, -0.25) is 4.79 Å². The predicted octanol–water partition coefficient (Wildman–Crippen LogP) is 6.56. The topological polar surface area (TPSA) is 59.8 Å². The summed E-state index contributed by atoms with van der Waals surface area (Å²) in [6.07, 6.45) is 0. The molecule has 9 heteroatoms. The average molecular weight is 489 g/mol. The first kappa shape index (κ1) is 21.9. The van der Waals surface area contributed by atoms with Crippen LogP contribution in [0.25, 0.3) is 22.5 Å². The fourth-order valence-electron chi connectivity index (χ4n) is 3.21. The fraction of sp³-hybridized carbons (Fsp3) is 0.136. The van der Waals surface area contributed by atoms with E-state index >= 15 is 0 Å². The number of amides is 1. The SMILES string of the molecule is Cc1scc(-c2nnc(SCC(=O)Nc3cc(Cl)cc(Cl)c3)n2C)c1-c1ccccc1. The molecule has 2 aromatic carbocycles. The highest BCUT2D eigenvalue weighted by atomic mass is 35.5. The van der Waals surface area contributed by atoms with Crippen LogP contribution in [0.2, 0.25) is 10.0 Å². The van der Waals surface area contributed by atoms with Crippen LogP contribution in [0.4, 0.5) is 5.69 Å². The van der Waals surface area contributed by atoms with E-state index in [9.17, 15) is 4.79 Å². The van der Waals surface area contributed by atoms with Crippen LogP contribution in [-0.4, -0.2) is 26.4 Å². The van der Waals surface area contributed by atoms with E-state index in [0.29, 0.717) is 20.9 Å². The number of nitrogens with one attached hydrogen (secondary N) is 1. The number of rotatable bonds is 6. The van der Waals surface area contributed by atoms with Crippen LogP contribution in [0.3, 0.4) is 0 Å². The molecule has 4 rings (SSSR count). The Morgan fingerprint density at radius 2 is 1.84 bits per heavy atom. The van der Waals surface area contributed by atoms with E-state index in [0.717, 1.165) is 22.5 Å². The molecule has 0 aliphatic rings. The zero-order valence-corrected chi connectivity index (χ0v) is 19.9. The first-order valence-electron chi connectivity index (χ1n) is 9.34. The molecule has 2 heterocycles. The van der Waals surface area contributed by atoms with Gasteiger partial charge in [-0.25, -0.2) is 0 Å². The lowest BCUT2D eigenvalue weighted by atomic mass is 10.0. The molecule has 0 bridgehead atoms. The molecule has 0 spiro atoms. The van der Waals surface area contributed by atoms with Crippen LogP contribution in [0.1, 0.15) is 4.88 Å². The maximum Gasteiger partial charge on any atom is 0.234 e. The lowest BCUT2D eigenvalue weighted by Gasteiger charge is -2.08. The molecule has 0 fully saturated rings. The molecular weight excluding hydrogens is 471 g/mol. The molecule has 0 unspecified atom stereocenters. The van der Waals surface area contributed by atoms with Crippen molar-refractivity contribution in [3.8, 4) is 22.5 Å². The van der Waals surface area contributed by atoms with Crippen LogP contribution in [0.5, 0.6) is 0 Å². The highest BCUT2D eigenvalue weighted by Crippen LogP contribution is 2.38. The summed E-state index contributed by atoms with van der Waals surface area (Å²) in [6.45, 7) is 2.11. The Bertz CT molecular complexity index is 1220. The summed E-state index contributed by atoms with van der Waals surface area (Å²) in [5, 5.41) is 15.2. The molecule has 0 aliphatic heterocycles. The lowest BCUT2D eigenvalue weighted by molar-refractivity contribution is -0.113. The van der Waals surface area contributed by atoms with Gasteiger partial charge in [-0.1, -0.05) is 65.3 Å². The first-order valence-corrected chi connectivity index (χ1v) is 12.0. The van der Waals surface area contributed by atoms with Gasteiger partial charge in [0.05, 0.1) is 5.75 Å². The van der Waals surface area contributed by atoms with Gasteiger partial charge in [0.25, 0.3) is 0 Å². The number of nitrogens with zero attached hydrogens (tertiary/aromatic N) is 3. The van der Waals surface area contributed by atoms with Crippen LogP contribution in [-0.2, 0) is 11.8 Å². The van der Waals surface area contributed by atoms with Crippen LogP contribution >= 0.6 is 46.3 Å². The van der Waals surface area contributed by atoms with Gasteiger partial charge in [-0.2, -0.15) is 0 Å². The van der Waals surface area contributed by atoms with Gasteiger partial charge in [0.1, 0.15) is 0 Å². The Labute approximate surface area is 198 Å². The van der Waals surface area contributed by atoms with E-state index in [1.807, 2.05) is 29.8 Å². The average Bonchev–Trinajstić information content (AvgIpc) is 3.28. The number of carbonyl (C=O) groups excluding carboxylic acids is 1. The number of thioether (sulfide) groups is 1. The number of thiophene rings is 1. The van der Waals surface area contributed by atoms with Gasteiger partial charge in [-0.05, 0) is 30.7 Å². The number of benzene rings is 2. The Morgan fingerprint density at radius 1 is 1.13 bits per heavy atom. The zero-order chi connectivity index (χ0) is 22.0. The van der Waals surface area contributed by atoms with Gasteiger partial charge in [0, 0.05) is 44.2 Å². The van der Waals surface area contributed by atoms with Crippen LogP contribution < -0.4 is 5.32 Å². The molecule has 0 aliphatic carbocycles. The van der Waals surface area contributed by atoms with Crippen molar-refractivity contribution in [3.63, 3.8) is 0 Å². The molecule has 158 valence electrons. The van der Waals surface area contributed by atoms with E-state index < -0.39 is 0 Å². The normalized spacial score (nSPS) is 11.0. The molecule has 1 amide bonds. The Morgan fingerprint density at radius 3 is 2.55 bits per heavy atom. The van der Waals surface area contributed by atoms with Crippen molar-refractivity contribution < 1.29 is 4.79 Å². The third kappa shape index (κ3) is 4.96. The Balaban J connectivity index is 1.50. The molecule has 31 heavy (non-hydrogen) atoms. The molecule has 5 nitrogen and oxygen atoms in total. The van der Waals surface area contributed by atoms with E-state index in [1.165, 1.54) is 16.6 Å². The summed E-state index contributed by atoms with van der Waals surface area (Å²) in [6, 6.07) is 15.2. The van der Waals surface area contributed by atoms with Crippen LogP contribution in [0.15, 0.2) is 59.1 Å². The monoisotopic (exact) mass is 488 g/mol. The fourth-order valence-corrected chi connectivity index (χ4v) is 5.31. The number of aryl methyl sites for hydroxylation is 1. The van der Waals surface area contributed by atoms with Crippen molar-refractivity contribution in [1.29, 1.82) is 0 Å². The molecule has 0 saturated heterocycles. The predicted molar refractivity (Wildman–Crippen MR) is 130 cm³/mol. The Kier molecular flexibility index (Phi) is 6.67. The molecule has 1 N–H and O–H groups in total. The highest BCUT2D eigenvalue weighted by molar-refractivity contribution is 7.99. The number of aromatic nitrogens is 3. The molecule has 0 atom stereocenters. The van der Waals surface area contributed by atoms with E-state index in [-0.39, 0.29) is 11.7 Å². The molecule has 0 radical (unpaired) electrons. The Hall–Kier alpha value is -2.32. The van der Waals surface area contributed by atoms with Crippen molar-refractivity contribution in [3.05, 3.63) is 68.8 Å². The van der Waals surface area contributed by atoms with Crippen molar-refractivity contribution in [2.75, 3.05) is 11.1 Å². The molecule has 0 saturated carbocycles. The summed E-state index contributed by atoms with van der Waals surface area (Å²) in [7, 11) is 1.91. The number of carbonyl (C=O) groups is 1. The second-order valence-electron chi connectivity index (χ2n) is 6.81. The third-order valence-electron chi connectivity index (χ3n) is 4.59. The van der Waals surface area contributed by atoms with E-state index in [4.69, 9.17) is 23.2 Å². The van der Waals surface area contributed by atoms with Crippen molar-refractivity contribution in [2.24, 2.45) is 7.05 Å². The maximum atomic E-state index is 12.4. The summed E-state index contributed by atoms with van der Waals surface area (Å²) in [5.74, 6) is 0.779. The summed E-state index contributed by atoms with van der Waals surface area (Å²) >= 11 is 15.0. The van der Waals surface area contributed by atoms with E-state index in [2.05, 4.69) is 40.0 Å². The number of hydrogen-bond acceptors (Lipinski definition) is 5. The van der Waals surface area contributed by atoms with Crippen molar-refractivity contribution in [1.82, 2.24) is 14.8 Å². The number of anilines is 1. The van der Waals surface area contributed by atoms with Gasteiger partial charge >= 0.3 is 0 Å². The highest BCUT2D eigenvalue weighted by Gasteiger charge is 2.19.